The Kier molecular flexibility index (Phi) is 3.62. The van der Waals surface area contributed by atoms with E-state index in [2.05, 4.69) is 54.4 Å². The molecule has 0 spiro atoms. The minimum Gasteiger partial charge on any atom is -0.310 e. The third kappa shape index (κ3) is 3.32. The van der Waals surface area contributed by atoms with Gasteiger partial charge in [-0.2, -0.15) is 0 Å². The monoisotopic (exact) mass is 218 g/mol. The van der Waals surface area contributed by atoms with Crippen molar-refractivity contribution in [3.05, 3.63) is 35.9 Å². The maximum absolute atomic E-state index is 3.59. The van der Waals surface area contributed by atoms with Crippen molar-refractivity contribution in [2.24, 2.45) is 0 Å². The molecule has 0 bridgehead atoms. The van der Waals surface area contributed by atoms with Crippen molar-refractivity contribution in [1.29, 1.82) is 0 Å². The minimum atomic E-state index is 0.241. The lowest BCUT2D eigenvalue weighted by molar-refractivity contribution is 0.224. The number of hydrogen-bond acceptors (Lipinski definition) is 2. The topological polar surface area (TPSA) is 15.3 Å². The first-order valence-corrected chi connectivity index (χ1v) is 6.17. The molecule has 1 aliphatic heterocycles. The van der Waals surface area contributed by atoms with Crippen LogP contribution in [0.4, 0.5) is 0 Å². The number of rotatable bonds is 2. The Hall–Kier alpha value is -0.860. The van der Waals surface area contributed by atoms with E-state index in [0.717, 1.165) is 19.6 Å². The van der Waals surface area contributed by atoms with Gasteiger partial charge in [0.25, 0.3) is 0 Å². The van der Waals surface area contributed by atoms with Gasteiger partial charge in [0, 0.05) is 18.6 Å². The van der Waals surface area contributed by atoms with Crippen LogP contribution in [0.2, 0.25) is 0 Å². The van der Waals surface area contributed by atoms with Crippen LogP contribution in [0.1, 0.15) is 25.8 Å². The highest BCUT2D eigenvalue weighted by Gasteiger charge is 2.23. The van der Waals surface area contributed by atoms with Crippen molar-refractivity contribution in [2.75, 3.05) is 19.6 Å². The van der Waals surface area contributed by atoms with Crippen molar-refractivity contribution >= 4 is 0 Å². The molecule has 1 fully saturated rings. The zero-order valence-electron chi connectivity index (χ0n) is 10.4. The molecule has 1 saturated heterocycles. The summed E-state index contributed by atoms with van der Waals surface area (Å²) in [5.74, 6) is 0. The van der Waals surface area contributed by atoms with Gasteiger partial charge in [0.2, 0.25) is 0 Å². The molecule has 0 atom stereocenters. The van der Waals surface area contributed by atoms with Crippen LogP contribution in [0, 0.1) is 0 Å². The van der Waals surface area contributed by atoms with E-state index >= 15 is 0 Å². The van der Waals surface area contributed by atoms with Crippen molar-refractivity contribution in [3.8, 4) is 0 Å². The van der Waals surface area contributed by atoms with Crippen LogP contribution in [-0.2, 0) is 6.54 Å². The lowest BCUT2D eigenvalue weighted by Gasteiger charge is -2.30. The van der Waals surface area contributed by atoms with E-state index in [0.29, 0.717) is 0 Å². The molecule has 1 N–H and O–H groups in total. The Balaban J connectivity index is 1.98. The molecule has 2 heteroatoms. The quantitative estimate of drug-likeness (QED) is 0.819. The third-order valence-electron chi connectivity index (χ3n) is 3.12. The predicted octanol–water partition coefficient (Wildman–Crippen LogP) is 2.26. The van der Waals surface area contributed by atoms with Gasteiger partial charge in [-0.1, -0.05) is 30.3 Å². The van der Waals surface area contributed by atoms with Gasteiger partial charge in [0.05, 0.1) is 0 Å². The van der Waals surface area contributed by atoms with E-state index in [4.69, 9.17) is 0 Å². The van der Waals surface area contributed by atoms with Crippen molar-refractivity contribution in [1.82, 2.24) is 10.2 Å². The van der Waals surface area contributed by atoms with Gasteiger partial charge in [-0.15, -0.1) is 0 Å². The van der Waals surface area contributed by atoms with Crippen molar-refractivity contribution < 1.29 is 0 Å². The number of hydrogen-bond donors (Lipinski definition) is 1. The molecule has 2 nitrogen and oxygen atoms in total. The standard InChI is InChI=1S/C14H22N2/c1-14(2)12-16(10-6-9-15-14)11-13-7-4-3-5-8-13/h3-5,7-8,15H,6,9-12H2,1-2H3. The molecule has 0 amide bonds. The third-order valence-corrected chi connectivity index (χ3v) is 3.12. The summed E-state index contributed by atoms with van der Waals surface area (Å²) in [6.45, 7) is 9.12. The largest absolute Gasteiger partial charge is 0.310 e. The van der Waals surface area contributed by atoms with Gasteiger partial charge in [-0.3, -0.25) is 4.90 Å². The van der Waals surface area contributed by atoms with E-state index in [-0.39, 0.29) is 5.54 Å². The Morgan fingerprint density at radius 1 is 1.25 bits per heavy atom. The molecule has 16 heavy (non-hydrogen) atoms. The van der Waals surface area contributed by atoms with E-state index < -0.39 is 0 Å². The van der Waals surface area contributed by atoms with E-state index in [1.165, 1.54) is 18.5 Å². The summed E-state index contributed by atoms with van der Waals surface area (Å²) in [4.78, 5) is 2.55. The van der Waals surface area contributed by atoms with Crippen LogP contribution in [0.5, 0.6) is 0 Å². The van der Waals surface area contributed by atoms with Crippen molar-refractivity contribution in [3.63, 3.8) is 0 Å². The molecule has 1 heterocycles. The highest BCUT2D eigenvalue weighted by Crippen LogP contribution is 2.13. The summed E-state index contributed by atoms with van der Waals surface area (Å²) in [6, 6.07) is 10.8. The average Bonchev–Trinajstić information content (AvgIpc) is 2.40. The molecule has 1 aromatic carbocycles. The predicted molar refractivity (Wildman–Crippen MR) is 68.4 cm³/mol. The summed E-state index contributed by atoms with van der Waals surface area (Å²) in [5.41, 5.74) is 1.66. The van der Waals surface area contributed by atoms with Gasteiger partial charge in [0.15, 0.2) is 0 Å². The van der Waals surface area contributed by atoms with Crippen LogP contribution < -0.4 is 5.32 Å². The highest BCUT2D eigenvalue weighted by atomic mass is 15.2. The first-order valence-electron chi connectivity index (χ1n) is 6.17. The fourth-order valence-corrected chi connectivity index (χ4v) is 2.40. The Morgan fingerprint density at radius 2 is 2.00 bits per heavy atom. The fraction of sp³-hybridized carbons (Fsp3) is 0.571. The lowest BCUT2D eigenvalue weighted by Crippen LogP contribution is -2.46. The van der Waals surface area contributed by atoms with E-state index in [1.807, 2.05) is 0 Å². The maximum atomic E-state index is 3.59. The minimum absolute atomic E-state index is 0.241. The number of nitrogens with one attached hydrogen (secondary N) is 1. The maximum Gasteiger partial charge on any atom is 0.0252 e. The Labute approximate surface area is 98.7 Å². The summed E-state index contributed by atoms with van der Waals surface area (Å²) in [5, 5.41) is 3.59. The van der Waals surface area contributed by atoms with Crippen LogP contribution in [-0.4, -0.2) is 30.1 Å². The molecular weight excluding hydrogens is 196 g/mol. The second kappa shape index (κ2) is 4.98. The van der Waals surface area contributed by atoms with Crippen LogP contribution >= 0.6 is 0 Å². The molecule has 1 aromatic rings. The summed E-state index contributed by atoms with van der Waals surface area (Å²) in [6.07, 6.45) is 1.25. The lowest BCUT2D eigenvalue weighted by atomic mass is 10.1. The van der Waals surface area contributed by atoms with Gasteiger partial charge in [0.1, 0.15) is 0 Å². The second-order valence-corrected chi connectivity index (χ2v) is 5.36. The molecule has 0 aromatic heterocycles. The molecule has 0 unspecified atom stereocenters. The number of nitrogens with zero attached hydrogens (tertiary/aromatic N) is 1. The Bertz CT molecular complexity index is 319. The van der Waals surface area contributed by atoms with Crippen LogP contribution in [0.3, 0.4) is 0 Å². The first kappa shape index (κ1) is 11.6. The van der Waals surface area contributed by atoms with E-state index in [1.54, 1.807) is 0 Å². The number of benzene rings is 1. The van der Waals surface area contributed by atoms with Crippen LogP contribution in [0.25, 0.3) is 0 Å². The second-order valence-electron chi connectivity index (χ2n) is 5.36. The van der Waals surface area contributed by atoms with Gasteiger partial charge in [-0.05, 0) is 38.9 Å². The molecule has 0 aliphatic carbocycles. The summed E-state index contributed by atoms with van der Waals surface area (Å²) in [7, 11) is 0. The molecular formula is C14H22N2. The zero-order valence-corrected chi connectivity index (χ0v) is 10.4. The summed E-state index contributed by atoms with van der Waals surface area (Å²) >= 11 is 0. The van der Waals surface area contributed by atoms with Gasteiger partial charge < -0.3 is 5.32 Å². The van der Waals surface area contributed by atoms with Crippen molar-refractivity contribution in [2.45, 2.75) is 32.4 Å². The van der Waals surface area contributed by atoms with E-state index in [9.17, 15) is 0 Å². The molecule has 1 aliphatic rings. The molecule has 0 radical (unpaired) electrons. The van der Waals surface area contributed by atoms with Crippen LogP contribution in [0.15, 0.2) is 30.3 Å². The Morgan fingerprint density at radius 3 is 2.75 bits per heavy atom. The average molecular weight is 218 g/mol. The van der Waals surface area contributed by atoms with Gasteiger partial charge in [-0.25, -0.2) is 0 Å². The normalized spacial score (nSPS) is 21.6. The first-order chi connectivity index (χ1) is 7.66. The smallest absolute Gasteiger partial charge is 0.0252 e. The highest BCUT2D eigenvalue weighted by molar-refractivity contribution is 5.14. The molecule has 0 saturated carbocycles. The van der Waals surface area contributed by atoms with Gasteiger partial charge >= 0.3 is 0 Å². The fourth-order valence-electron chi connectivity index (χ4n) is 2.40. The molecule has 2 rings (SSSR count). The SMILES string of the molecule is CC1(C)CN(Cc2ccccc2)CCCN1. The molecule has 88 valence electrons. The summed E-state index contributed by atoms with van der Waals surface area (Å²) < 4.78 is 0. The zero-order chi connectivity index (χ0) is 11.4.